The zero-order valence-corrected chi connectivity index (χ0v) is 17.6. The van der Waals surface area contributed by atoms with Crippen molar-refractivity contribution in [3.63, 3.8) is 0 Å². The molecule has 0 saturated carbocycles. The molecule has 0 spiro atoms. The lowest BCUT2D eigenvalue weighted by molar-refractivity contribution is -0.145. The molecule has 2 atom stereocenters. The second kappa shape index (κ2) is 10.4. The maximum Gasteiger partial charge on any atom is 0.319 e. The van der Waals surface area contributed by atoms with E-state index in [0.29, 0.717) is 18.5 Å². The second-order valence-electron chi connectivity index (χ2n) is 7.64. The molecule has 0 radical (unpaired) electrons. The van der Waals surface area contributed by atoms with Crippen molar-refractivity contribution in [3.8, 4) is 5.75 Å². The Morgan fingerprint density at radius 1 is 1.09 bits per heavy atom. The number of phenolic OH excluding ortho intramolecular Hbond substituents is 1. The van der Waals surface area contributed by atoms with E-state index >= 15 is 0 Å². The van der Waals surface area contributed by atoms with Gasteiger partial charge in [0, 0.05) is 18.7 Å². The van der Waals surface area contributed by atoms with Crippen LogP contribution in [0.4, 0.5) is 10.5 Å². The molecule has 0 bridgehead atoms. The van der Waals surface area contributed by atoms with Gasteiger partial charge in [0.25, 0.3) is 0 Å². The number of amides is 4. The number of hydrogen-bond donors (Lipinski definition) is 4. The normalized spacial score (nSPS) is 16.2. The number of hydrogen-bond acceptors (Lipinski definition) is 6. The molecule has 0 aromatic heterocycles. The summed E-state index contributed by atoms with van der Waals surface area (Å²) < 4.78 is 4.83. The van der Waals surface area contributed by atoms with Crippen LogP contribution in [0.5, 0.6) is 5.75 Å². The SMILES string of the molecule is COC(=O)[C@H](CNC(=O)Nc1ccc(C[C@H]2CC(=O)NC2=O)cc1)Cc1ccc(O)cc1. The molecule has 1 saturated heterocycles. The van der Waals surface area contributed by atoms with Crippen LogP contribution >= 0.6 is 0 Å². The molecule has 32 heavy (non-hydrogen) atoms. The molecule has 1 aliphatic heterocycles. The summed E-state index contributed by atoms with van der Waals surface area (Å²) in [5, 5.41) is 17.0. The van der Waals surface area contributed by atoms with Gasteiger partial charge in [0.15, 0.2) is 0 Å². The van der Waals surface area contributed by atoms with E-state index in [4.69, 9.17) is 4.74 Å². The maximum absolute atomic E-state index is 12.3. The summed E-state index contributed by atoms with van der Waals surface area (Å²) in [6.45, 7) is 0.0717. The molecule has 0 unspecified atom stereocenters. The number of ether oxygens (including phenoxy) is 1. The number of carbonyl (C=O) groups excluding carboxylic acids is 4. The van der Waals surface area contributed by atoms with Crippen LogP contribution in [0.3, 0.4) is 0 Å². The number of benzene rings is 2. The highest BCUT2D eigenvalue weighted by atomic mass is 16.5. The van der Waals surface area contributed by atoms with E-state index in [1.54, 1.807) is 36.4 Å². The minimum atomic E-state index is -0.585. The van der Waals surface area contributed by atoms with E-state index in [9.17, 15) is 24.3 Å². The number of anilines is 1. The van der Waals surface area contributed by atoms with Gasteiger partial charge in [-0.05, 0) is 48.2 Å². The molecule has 2 aromatic carbocycles. The number of methoxy groups -OCH3 is 1. The monoisotopic (exact) mass is 439 g/mol. The molecule has 168 valence electrons. The summed E-state index contributed by atoms with van der Waals surface area (Å²) in [6, 6.07) is 13.0. The molecule has 1 aliphatic rings. The summed E-state index contributed by atoms with van der Waals surface area (Å²) in [7, 11) is 1.29. The fourth-order valence-corrected chi connectivity index (χ4v) is 3.49. The van der Waals surface area contributed by atoms with Gasteiger partial charge in [0.1, 0.15) is 5.75 Å². The average Bonchev–Trinajstić information content (AvgIpc) is 3.09. The Morgan fingerprint density at radius 3 is 2.34 bits per heavy atom. The number of rotatable bonds is 8. The van der Waals surface area contributed by atoms with Crippen molar-refractivity contribution in [2.75, 3.05) is 19.0 Å². The molecule has 4 amide bonds. The number of aromatic hydroxyl groups is 1. The predicted molar refractivity (Wildman–Crippen MR) is 116 cm³/mol. The Morgan fingerprint density at radius 2 is 1.75 bits per heavy atom. The Balaban J connectivity index is 1.51. The lowest BCUT2D eigenvalue weighted by Gasteiger charge is -2.16. The van der Waals surface area contributed by atoms with Crippen molar-refractivity contribution in [2.24, 2.45) is 11.8 Å². The lowest BCUT2D eigenvalue weighted by atomic mass is 9.98. The second-order valence-corrected chi connectivity index (χ2v) is 7.64. The van der Waals surface area contributed by atoms with E-state index in [2.05, 4.69) is 16.0 Å². The third kappa shape index (κ3) is 6.31. The van der Waals surface area contributed by atoms with Crippen molar-refractivity contribution in [1.82, 2.24) is 10.6 Å². The maximum atomic E-state index is 12.3. The summed E-state index contributed by atoms with van der Waals surface area (Å²) in [4.78, 5) is 47.3. The number of nitrogens with one attached hydrogen (secondary N) is 3. The van der Waals surface area contributed by atoms with Gasteiger partial charge in [-0.15, -0.1) is 0 Å². The smallest absolute Gasteiger partial charge is 0.319 e. The van der Waals surface area contributed by atoms with Gasteiger partial charge in [0.2, 0.25) is 11.8 Å². The van der Waals surface area contributed by atoms with Crippen molar-refractivity contribution < 1.29 is 29.0 Å². The predicted octanol–water partition coefficient (Wildman–Crippen LogP) is 1.75. The zero-order valence-electron chi connectivity index (χ0n) is 17.6. The van der Waals surface area contributed by atoms with Gasteiger partial charge in [-0.25, -0.2) is 4.79 Å². The third-order valence-electron chi connectivity index (χ3n) is 5.22. The minimum absolute atomic E-state index is 0.0717. The first-order valence-electron chi connectivity index (χ1n) is 10.2. The largest absolute Gasteiger partial charge is 0.508 e. The van der Waals surface area contributed by atoms with Crippen molar-refractivity contribution in [1.29, 1.82) is 0 Å². The number of imide groups is 1. The van der Waals surface area contributed by atoms with Crippen LogP contribution in [0, 0.1) is 11.8 Å². The van der Waals surface area contributed by atoms with Crippen LogP contribution in [-0.4, -0.2) is 42.6 Å². The van der Waals surface area contributed by atoms with E-state index in [-0.39, 0.29) is 36.4 Å². The summed E-state index contributed by atoms with van der Waals surface area (Å²) in [6.07, 6.45) is 0.980. The average molecular weight is 439 g/mol. The number of urea groups is 1. The zero-order chi connectivity index (χ0) is 23.1. The molecular weight excluding hydrogens is 414 g/mol. The molecule has 0 aliphatic carbocycles. The minimum Gasteiger partial charge on any atom is -0.508 e. The Hall–Kier alpha value is -3.88. The number of esters is 1. The van der Waals surface area contributed by atoms with Crippen LogP contribution in [0.2, 0.25) is 0 Å². The summed E-state index contributed by atoms with van der Waals surface area (Å²) in [5.74, 6) is -1.79. The quantitative estimate of drug-likeness (QED) is 0.366. The van der Waals surface area contributed by atoms with E-state index in [0.717, 1.165) is 11.1 Å². The van der Waals surface area contributed by atoms with Gasteiger partial charge < -0.3 is 20.5 Å². The standard InChI is InChI=1S/C23H25N3O6/c1-32-22(30)17(11-15-4-8-19(27)9-5-15)13-24-23(31)25-18-6-2-14(3-7-18)10-16-12-20(28)26-21(16)29/h2-9,16-17,27H,10-13H2,1H3,(H2,24,25,31)(H,26,28,29)/t16-,17-/m0/s1. The Bertz CT molecular complexity index is 988. The Kier molecular flexibility index (Phi) is 7.43. The number of phenols is 1. The van der Waals surface area contributed by atoms with Crippen LogP contribution in [0.25, 0.3) is 0 Å². The van der Waals surface area contributed by atoms with Crippen molar-refractivity contribution in [3.05, 3.63) is 59.7 Å². The van der Waals surface area contributed by atoms with E-state index < -0.39 is 17.9 Å². The fourth-order valence-electron chi connectivity index (χ4n) is 3.49. The highest BCUT2D eigenvalue weighted by molar-refractivity contribution is 6.03. The van der Waals surface area contributed by atoms with Crippen LogP contribution in [-0.2, 0) is 32.0 Å². The molecule has 9 nitrogen and oxygen atoms in total. The van der Waals surface area contributed by atoms with Crippen molar-refractivity contribution in [2.45, 2.75) is 19.3 Å². The first-order valence-corrected chi connectivity index (χ1v) is 10.2. The topological polar surface area (TPSA) is 134 Å². The van der Waals surface area contributed by atoms with Gasteiger partial charge >= 0.3 is 12.0 Å². The molecule has 1 heterocycles. The lowest BCUT2D eigenvalue weighted by Crippen LogP contribution is -2.37. The van der Waals surface area contributed by atoms with Crippen LogP contribution < -0.4 is 16.0 Å². The number of carbonyl (C=O) groups is 4. The fraction of sp³-hybridized carbons (Fsp3) is 0.304. The molecule has 3 rings (SSSR count). The molecule has 2 aromatic rings. The summed E-state index contributed by atoms with van der Waals surface area (Å²) >= 11 is 0. The highest BCUT2D eigenvalue weighted by Crippen LogP contribution is 2.19. The van der Waals surface area contributed by atoms with Gasteiger partial charge in [0.05, 0.1) is 18.9 Å². The third-order valence-corrected chi connectivity index (χ3v) is 5.22. The van der Waals surface area contributed by atoms with Gasteiger partial charge in [-0.1, -0.05) is 24.3 Å². The van der Waals surface area contributed by atoms with Crippen LogP contribution in [0.1, 0.15) is 17.5 Å². The molecular formula is C23H25N3O6. The Labute approximate surface area is 185 Å². The highest BCUT2D eigenvalue weighted by Gasteiger charge is 2.30. The molecule has 9 heteroatoms. The first kappa shape index (κ1) is 22.8. The van der Waals surface area contributed by atoms with Gasteiger partial charge in [-0.3, -0.25) is 19.7 Å². The van der Waals surface area contributed by atoms with Crippen molar-refractivity contribution >= 4 is 29.5 Å². The first-order chi connectivity index (χ1) is 15.3. The van der Waals surface area contributed by atoms with E-state index in [1.807, 2.05) is 0 Å². The van der Waals surface area contributed by atoms with E-state index in [1.165, 1.54) is 19.2 Å². The molecule has 1 fully saturated rings. The van der Waals surface area contributed by atoms with Crippen LogP contribution in [0.15, 0.2) is 48.5 Å². The van der Waals surface area contributed by atoms with Gasteiger partial charge in [-0.2, -0.15) is 0 Å². The summed E-state index contributed by atoms with van der Waals surface area (Å²) in [5.41, 5.74) is 2.26. The molecule has 4 N–H and O–H groups in total.